The van der Waals surface area contributed by atoms with Crippen molar-refractivity contribution in [2.24, 2.45) is 0 Å². The molecule has 356 valence electrons. The van der Waals surface area contributed by atoms with E-state index in [0.717, 1.165) is 19.3 Å². The Morgan fingerprint density at radius 3 is 0.684 bits per heavy atom. The molecule has 3 aliphatic rings. The Labute approximate surface area is 445 Å². The molecule has 15 rings (SSSR count). The number of nitrogens with zero attached hydrogens (tertiary/aromatic N) is 1. The van der Waals surface area contributed by atoms with Crippen molar-refractivity contribution in [1.29, 1.82) is 0 Å². The third-order valence-electron chi connectivity index (χ3n) is 16.4. The Hall–Kier alpha value is -9.56. The molecule has 12 aromatic carbocycles. The normalized spacial score (nSPS) is 12.3. The lowest BCUT2D eigenvalue weighted by atomic mass is 9.82. The van der Waals surface area contributed by atoms with Crippen molar-refractivity contribution in [2.75, 3.05) is 4.90 Å². The summed E-state index contributed by atoms with van der Waals surface area (Å²) in [5, 5.41) is 0. The predicted octanol–water partition coefficient (Wildman–Crippen LogP) is 19.9. The third kappa shape index (κ3) is 7.08. The fourth-order valence-electron chi connectivity index (χ4n) is 13.1. The van der Waals surface area contributed by atoms with Gasteiger partial charge in [-0.15, -0.1) is 0 Å². The van der Waals surface area contributed by atoms with Gasteiger partial charge in [0.1, 0.15) is 0 Å². The first-order chi connectivity index (χ1) is 37.7. The van der Waals surface area contributed by atoms with Crippen LogP contribution in [0.4, 0.5) is 17.1 Å². The van der Waals surface area contributed by atoms with E-state index in [0.29, 0.717) is 0 Å². The maximum absolute atomic E-state index is 2.87. The summed E-state index contributed by atoms with van der Waals surface area (Å²) in [5.41, 5.74) is 33.9. The van der Waals surface area contributed by atoms with Crippen molar-refractivity contribution < 1.29 is 0 Å². The standard InChI is InChI=1S/C75H51N/c1-7-25-49(26-8-1)61-46-64-58-40-22-19-37-55(58)43-67(64)73(70(61)52-31-13-4-14-32-52)76(74-68-44-56-38-20-23-41-59(56)65(68)47-62(50-27-9-2-10-28-50)71(74)53-33-15-5-16-34-53)75-69-45-57-39-21-24-42-60(57)66(69)48-63(51-29-11-3-12-30-51)72(75)54-35-17-6-18-36-54/h1-42,46-48H,43-45H2. The zero-order valence-corrected chi connectivity index (χ0v) is 42.0. The van der Waals surface area contributed by atoms with Gasteiger partial charge in [0.25, 0.3) is 0 Å². The van der Waals surface area contributed by atoms with Gasteiger partial charge in [-0.1, -0.05) is 255 Å². The largest absolute Gasteiger partial charge is 0.308 e. The number of rotatable bonds is 9. The van der Waals surface area contributed by atoms with E-state index in [2.05, 4.69) is 278 Å². The first-order valence-corrected chi connectivity index (χ1v) is 26.7. The van der Waals surface area contributed by atoms with E-state index >= 15 is 0 Å². The molecule has 0 radical (unpaired) electrons. The molecule has 0 saturated carbocycles. The zero-order valence-electron chi connectivity index (χ0n) is 42.0. The van der Waals surface area contributed by atoms with Gasteiger partial charge >= 0.3 is 0 Å². The number of anilines is 3. The van der Waals surface area contributed by atoms with Crippen molar-refractivity contribution >= 4 is 17.1 Å². The van der Waals surface area contributed by atoms with Crippen LogP contribution in [-0.4, -0.2) is 0 Å². The Bertz CT molecular complexity index is 3760. The number of fused-ring (bicyclic) bond motifs is 9. The highest BCUT2D eigenvalue weighted by Crippen LogP contribution is 2.63. The number of hydrogen-bond donors (Lipinski definition) is 0. The van der Waals surface area contributed by atoms with Crippen LogP contribution >= 0.6 is 0 Å². The summed E-state index contributed by atoms with van der Waals surface area (Å²) in [7, 11) is 0. The van der Waals surface area contributed by atoms with Crippen LogP contribution in [-0.2, 0) is 19.3 Å². The van der Waals surface area contributed by atoms with Gasteiger partial charge in [-0.3, -0.25) is 0 Å². The van der Waals surface area contributed by atoms with Crippen molar-refractivity contribution in [3.8, 4) is 100 Å². The molecule has 0 amide bonds. The predicted molar refractivity (Wildman–Crippen MR) is 318 cm³/mol. The van der Waals surface area contributed by atoms with Crippen molar-refractivity contribution in [1.82, 2.24) is 0 Å². The second-order valence-electron chi connectivity index (χ2n) is 20.6. The fourth-order valence-corrected chi connectivity index (χ4v) is 13.1. The molecule has 0 saturated heterocycles. The molecule has 0 unspecified atom stereocenters. The van der Waals surface area contributed by atoms with E-state index < -0.39 is 0 Å². The van der Waals surface area contributed by atoms with Gasteiger partial charge in [0, 0.05) is 36.0 Å². The Balaban J connectivity index is 1.23. The molecule has 3 aliphatic carbocycles. The molecule has 76 heavy (non-hydrogen) atoms. The fraction of sp³-hybridized carbons (Fsp3) is 0.0400. The van der Waals surface area contributed by atoms with Gasteiger partial charge in [-0.25, -0.2) is 0 Å². The molecule has 0 atom stereocenters. The second kappa shape index (κ2) is 18.1. The minimum absolute atomic E-state index is 0.787. The van der Waals surface area contributed by atoms with Crippen LogP contribution in [0.3, 0.4) is 0 Å². The maximum atomic E-state index is 2.87. The van der Waals surface area contributed by atoms with Gasteiger partial charge in [-0.05, 0) is 135 Å². The molecule has 0 spiro atoms. The maximum Gasteiger partial charge on any atom is 0.0588 e. The minimum Gasteiger partial charge on any atom is -0.308 e. The van der Waals surface area contributed by atoms with Crippen molar-refractivity contribution in [3.05, 3.63) is 306 Å². The van der Waals surface area contributed by atoms with Gasteiger partial charge in [0.2, 0.25) is 0 Å². The summed E-state index contributed by atoms with van der Waals surface area (Å²) in [5.74, 6) is 0. The van der Waals surface area contributed by atoms with E-state index in [1.165, 1.54) is 151 Å². The minimum atomic E-state index is 0.787. The summed E-state index contributed by atoms with van der Waals surface area (Å²) >= 11 is 0. The molecule has 0 fully saturated rings. The molecule has 0 bridgehead atoms. The van der Waals surface area contributed by atoms with Gasteiger partial charge < -0.3 is 4.90 Å². The smallest absolute Gasteiger partial charge is 0.0588 e. The van der Waals surface area contributed by atoms with E-state index in [9.17, 15) is 0 Å². The monoisotopic (exact) mass is 965 g/mol. The summed E-state index contributed by atoms with van der Waals surface area (Å²) in [6.07, 6.45) is 2.36. The number of benzene rings is 12. The number of hydrogen-bond acceptors (Lipinski definition) is 1. The van der Waals surface area contributed by atoms with Crippen LogP contribution in [0.1, 0.15) is 33.4 Å². The van der Waals surface area contributed by atoms with Crippen molar-refractivity contribution in [3.63, 3.8) is 0 Å². The quantitative estimate of drug-likeness (QED) is 0.139. The molecule has 12 aromatic rings. The lowest BCUT2D eigenvalue weighted by molar-refractivity contribution is 1.15. The zero-order chi connectivity index (χ0) is 50.1. The summed E-state index contributed by atoms with van der Waals surface area (Å²) in [4.78, 5) is 2.87. The van der Waals surface area contributed by atoms with Crippen LogP contribution in [0.15, 0.2) is 273 Å². The first-order valence-electron chi connectivity index (χ1n) is 26.7. The molecule has 0 heterocycles. The van der Waals surface area contributed by atoms with Crippen LogP contribution in [0.5, 0.6) is 0 Å². The highest BCUT2D eigenvalue weighted by atomic mass is 15.2. The van der Waals surface area contributed by atoms with Crippen LogP contribution in [0.2, 0.25) is 0 Å². The highest BCUT2D eigenvalue weighted by Gasteiger charge is 2.40. The summed E-state index contributed by atoms with van der Waals surface area (Å²) in [6.45, 7) is 0. The Morgan fingerprint density at radius 1 is 0.197 bits per heavy atom. The van der Waals surface area contributed by atoms with E-state index in [1.807, 2.05) is 0 Å². The van der Waals surface area contributed by atoms with E-state index in [4.69, 9.17) is 0 Å². The molecular formula is C75H51N. The molecule has 1 nitrogen and oxygen atoms in total. The average molecular weight is 966 g/mol. The van der Waals surface area contributed by atoms with Gasteiger partial charge in [0.15, 0.2) is 0 Å². The SMILES string of the molecule is c1ccc(-c2cc3c(c(N(c4c5c(cc(-c6ccccc6)c4-c4ccccc4)-c4ccccc4C5)c4c5c(cc(-c6ccccc6)c4-c4ccccc4)-c4ccccc4C5)c2-c2ccccc2)Cc2ccccc2-3)cc1. The average Bonchev–Trinajstić information content (AvgIpc) is 4.27. The van der Waals surface area contributed by atoms with Crippen LogP contribution in [0, 0.1) is 0 Å². The Morgan fingerprint density at radius 2 is 0.421 bits per heavy atom. The first kappa shape index (κ1) is 44.0. The van der Waals surface area contributed by atoms with Crippen LogP contribution < -0.4 is 4.90 Å². The van der Waals surface area contributed by atoms with Crippen LogP contribution in [0.25, 0.3) is 100 Å². The lowest BCUT2D eigenvalue weighted by Gasteiger charge is -2.38. The summed E-state index contributed by atoms with van der Waals surface area (Å²) in [6, 6.07) is 102. The highest BCUT2D eigenvalue weighted by molar-refractivity contribution is 6.13. The Kier molecular flexibility index (Phi) is 10.5. The second-order valence-corrected chi connectivity index (χ2v) is 20.6. The molecule has 0 N–H and O–H groups in total. The molecule has 0 aromatic heterocycles. The lowest BCUT2D eigenvalue weighted by Crippen LogP contribution is -2.20. The van der Waals surface area contributed by atoms with E-state index in [-0.39, 0.29) is 0 Å². The topological polar surface area (TPSA) is 3.24 Å². The molecular weight excluding hydrogens is 915 g/mol. The molecule has 1 heteroatoms. The van der Waals surface area contributed by atoms with Crippen molar-refractivity contribution in [2.45, 2.75) is 19.3 Å². The van der Waals surface area contributed by atoms with Gasteiger partial charge in [0.05, 0.1) is 17.1 Å². The van der Waals surface area contributed by atoms with Gasteiger partial charge in [-0.2, -0.15) is 0 Å². The van der Waals surface area contributed by atoms with E-state index in [1.54, 1.807) is 0 Å². The third-order valence-corrected chi connectivity index (χ3v) is 16.4. The summed E-state index contributed by atoms with van der Waals surface area (Å²) < 4.78 is 0. The molecule has 0 aliphatic heterocycles.